The maximum Gasteiger partial charge on any atom is 0.232 e. The van der Waals surface area contributed by atoms with Crippen LogP contribution in [0.3, 0.4) is 0 Å². The summed E-state index contributed by atoms with van der Waals surface area (Å²) in [6.07, 6.45) is 0. The molecule has 0 bridgehead atoms. The van der Waals surface area contributed by atoms with E-state index in [1.54, 1.807) is 12.1 Å². The lowest BCUT2D eigenvalue weighted by Crippen LogP contribution is -2.30. The van der Waals surface area contributed by atoms with Crippen LogP contribution in [0.25, 0.3) is 5.69 Å². The van der Waals surface area contributed by atoms with Crippen molar-refractivity contribution in [1.82, 2.24) is 20.1 Å². The van der Waals surface area contributed by atoms with Gasteiger partial charge in [-0.2, -0.15) is 0 Å². The number of carbonyl (C=O) groups is 1. The van der Waals surface area contributed by atoms with Gasteiger partial charge in [0.25, 0.3) is 0 Å². The fraction of sp³-hybridized carbons (Fsp3) is 0.129. The normalized spacial score (nSPS) is 11.1. The quantitative estimate of drug-likeness (QED) is 0.197. The van der Waals surface area contributed by atoms with Crippen molar-refractivity contribution >= 4 is 29.3 Å². The standard InChI is InChI=1S/C31H26ClFN4OS/c1-21-12-15-25(32)18-27(21)37-28(35-36-31(37)39-20-22-13-16-26(33)17-14-22)19-34-30(38)29(23-8-4-2-5-9-23)24-10-6-3-7-11-24/h2-18,29H,19-20H2,1H3,(H,34,38). The molecule has 0 atom stereocenters. The molecular weight excluding hydrogens is 531 g/mol. The molecule has 1 N–H and O–H groups in total. The van der Waals surface area contributed by atoms with E-state index in [1.165, 1.54) is 23.9 Å². The highest BCUT2D eigenvalue weighted by Gasteiger charge is 2.24. The van der Waals surface area contributed by atoms with E-state index in [0.29, 0.717) is 21.8 Å². The molecule has 5 nitrogen and oxygen atoms in total. The van der Waals surface area contributed by atoms with E-state index < -0.39 is 5.92 Å². The molecule has 0 fully saturated rings. The van der Waals surface area contributed by atoms with Crippen LogP contribution in [0.4, 0.5) is 4.39 Å². The Morgan fingerprint density at radius 1 is 0.923 bits per heavy atom. The number of benzene rings is 4. The number of hydrogen-bond donors (Lipinski definition) is 1. The summed E-state index contributed by atoms with van der Waals surface area (Å²) in [4.78, 5) is 13.6. The van der Waals surface area contributed by atoms with Gasteiger partial charge in [0.15, 0.2) is 11.0 Å². The molecule has 39 heavy (non-hydrogen) atoms. The number of thioether (sulfide) groups is 1. The second-order valence-corrected chi connectivity index (χ2v) is 10.4. The zero-order valence-corrected chi connectivity index (χ0v) is 22.8. The largest absolute Gasteiger partial charge is 0.348 e. The SMILES string of the molecule is Cc1ccc(Cl)cc1-n1c(CNC(=O)C(c2ccccc2)c2ccccc2)nnc1SCc1ccc(F)cc1. The van der Waals surface area contributed by atoms with Gasteiger partial charge in [-0.3, -0.25) is 9.36 Å². The van der Waals surface area contributed by atoms with E-state index in [2.05, 4.69) is 15.5 Å². The lowest BCUT2D eigenvalue weighted by molar-refractivity contribution is -0.121. The van der Waals surface area contributed by atoms with Crippen LogP contribution < -0.4 is 5.32 Å². The predicted octanol–water partition coefficient (Wildman–Crippen LogP) is 7.11. The van der Waals surface area contributed by atoms with Gasteiger partial charge in [0.2, 0.25) is 5.91 Å². The number of halogens is 2. The third-order valence-corrected chi connectivity index (χ3v) is 7.58. The number of nitrogens with zero attached hydrogens (tertiary/aromatic N) is 3. The number of aromatic nitrogens is 3. The number of nitrogens with one attached hydrogen (secondary N) is 1. The number of hydrogen-bond acceptors (Lipinski definition) is 4. The first kappa shape index (κ1) is 26.7. The first-order valence-electron chi connectivity index (χ1n) is 12.5. The molecule has 0 spiro atoms. The van der Waals surface area contributed by atoms with Crippen molar-refractivity contribution < 1.29 is 9.18 Å². The Morgan fingerprint density at radius 3 is 2.21 bits per heavy atom. The number of carbonyl (C=O) groups excluding carboxylic acids is 1. The van der Waals surface area contributed by atoms with Gasteiger partial charge < -0.3 is 5.32 Å². The van der Waals surface area contributed by atoms with Gasteiger partial charge >= 0.3 is 0 Å². The molecule has 0 aliphatic carbocycles. The molecule has 0 unspecified atom stereocenters. The van der Waals surface area contributed by atoms with E-state index in [0.717, 1.165) is 27.9 Å². The summed E-state index contributed by atoms with van der Waals surface area (Å²) in [6.45, 7) is 2.16. The second-order valence-electron chi connectivity index (χ2n) is 9.05. The molecule has 0 aliphatic rings. The van der Waals surface area contributed by atoms with E-state index in [9.17, 15) is 9.18 Å². The molecule has 0 radical (unpaired) electrons. The van der Waals surface area contributed by atoms with Crippen LogP contribution in [-0.2, 0) is 17.1 Å². The van der Waals surface area contributed by atoms with Crippen molar-refractivity contribution in [2.75, 3.05) is 0 Å². The maximum atomic E-state index is 13.6. The van der Waals surface area contributed by atoms with Gasteiger partial charge in [-0.05, 0) is 53.4 Å². The monoisotopic (exact) mass is 556 g/mol. The van der Waals surface area contributed by atoms with Gasteiger partial charge in [-0.25, -0.2) is 4.39 Å². The van der Waals surface area contributed by atoms with E-state index in [1.807, 2.05) is 90.4 Å². The van der Waals surface area contributed by atoms with Crippen LogP contribution in [0, 0.1) is 12.7 Å². The zero-order chi connectivity index (χ0) is 27.2. The van der Waals surface area contributed by atoms with Crippen molar-refractivity contribution in [3.63, 3.8) is 0 Å². The molecule has 0 saturated heterocycles. The third kappa shape index (κ3) is 6.38. The van der Waals surface area contributed by atoms with Gasteiger partial charge in [0, 0.05) is 10.8 Å². The summed E-state index contributed by atoms with van der Waals surface area (Å²) >= 11 is 7.85. The first-order chi connectivity index (χ1) is 19.0. The molecule has 1 heterocycles. The highest BCUT2D eigenvalue weighted by atomic mass is 35.5. The summed E-state index contributed by atoms with van der Waals surface area (Å²) in [7, 11) is 0. The van der Waals surface area contributed by atoms with Crippen LogP contribution in [0.2, 0.25) is 5.02 Å². The lowest BCUT2D eigenvalue weighted by atomic mass is 9.90. The molecule has 0 aliphatic heterocycles. The number of aryl methyl sites for hydroxylation is 1. The molecule has 1 amide bonds. The van der Waals surface area contributed by atoms with Crippen molar-refractivity contribution in [2.45, 2.75) is 30.3 Å². The van der Waals surface area contributed by atoms with Crippen molar-refractivity contribution in [1.29, 1.82) is 0 Å². The summed E-state index contributed by atoms with van der Waals surface area (Å²) in [5.41, 5.74) is 4.60. The fourth-order valence-electron chi connectivity index (χ4n) is 4.36. The Labute approximate surface area is 236 Å². The topological polar surface area (TPSA) is 59.8 Å². The van der Waals surface area contributed by atoms with E-state index in [-0.39, 0.29) is 18.3 Å². The minimum absolute atomic E-state index is 0.134. The van der Waals surface area contributed by atoms with Crippen molar-refractivity contribution in [2.24, 2.45) is 0 Å². The molecule has 4 aromatic carbocycles. The lowest BCUT2D eigenvalue weighted by Gasteiger charge is -2.18. The predicted molar refractivity (Wildman–Crippen MR) is 154 cm³/mol. The van der Waals surface area contributed by atoms with E-state index in [4.69, 9.17) is 11.6 Å². The summed E-state index contributed by atoms with van der Waals surface area (Å²) in [6, 6.07) is 31.5. The smallest absolute Gasteiger partial charge is 0.232 e. The minimum atomic E-state index is -0.469. The first-order valence-corrected chi connectivity index (χ1v) is 13.8. The van der Waals surface area contributed by atoms with Crippen LogP contribution >= 0.6 is 23.4 Å². The Morgan fingerprint density at radius 2 is 1.56 bits per heavy atom. The highest BCUT2D eigenvalue weighted by molar-refractivity contribution is 7.98. The fourth-order valence-corrected chi connectivity index (χ4v) is 5.44. The van der Waals surface area contributed by atoms with Crippen LogP contribution in [0.1, 0.15) is 34.0 Å². The third-order valence-electron chi connectivity index (χ3n) is 6.34. The molecule has 1 aromatic heterocycles. The zero-order valence-electron chi connectivity index (χ0n) is 21.2. The summed E-state index contributed by atoms with van der Waals surface area (Å²) in [5, 5.41) is 13.2. The van der Waals surface area contributed by atoms with Crippen LogP contribution in [-0.4, -0.2) is 20.7 Å². The van der Waals surface area contributed by atoms with Crippen molar-refractivity contribution in [3.05, 3.63) is 142 Å². The van der Waals surface area contributed by atoms with Gasteiger partial charge in [-0.1, -0.05) is 102 Å². The van der Waals surface area contributed by atoms with Gasteiger partial charge in [0.05, 0.1) is 18.2 Å². The van der Waals surface area contributed by atoms with Crippen LogP contribution in [0.5, 0.6) is 0 Å². The van der Waals surface area contributed by atoms with Gasteiger partial charge in [-0.15, -0.1) is 10.2 Å². The summed E-state index contributed by atoms with van der Waals surface area (Å²) in [5.74, 6) is 0.280. The minimum Gasteiger partial charge on any atom is -0.348 e. The van der Waals surface area contributed by atoms with E-state index >= 15 is 0 Å². The maximum absolute atomic E-state index is 13.6. The molecule has 5 aromatic rings. The Kier molecular flexibility index (Phi) is 8.39. The molecule has 196 valence electrons. The molecular formula is C31H26ClFN4OS. The Balaban J connectivity index is 1.43. The van der Waals surface area contributed by atoms with Gasteiger partial charge in [0.1, 0.15) is 5.82 Å². The Hall–Kier alpha value is -3.94. The molecule has 8 heteroatoms. The second kappa shape index (κ2) is 12.3. The number of amides is 1. The Bertz CT molecular complexity index is 1520. The summed E-state index contributed by atoms with van der Waals surface area (Å²) < 4.78 is 15.3. The highest BCUT2D eigenvalue weighted by Crippen LogP contribution is 2.29. The van der Waals surface area contributed by atoms with Crippen molar-refractivity contribution in [3.8, 4) is 5.69 Å². The average Bonchev–Trinajstić information content (AvgIpc) is 3.36. The molecule has 0 saturated carbocycles. The average molecular weight is 557 g/mol. The van der Waals surface area contributed by atoms with Crippen LogP contribution in [0.15, 0.2) is 108 Å². The number of rotatable bonds is 9. The molecule has 5 rings (SSSR count).